The van der Waals surface area contributed by atoms with Crippen molar-refractivity contribution in [2.24, 2.45) is 4.99 Å². The maximum atomic E-state index is 14.4. The summed E-state index contributed by atoms with van der Waals surface area (Å²) in [6.45, 7) is 2.99. The average molecular weight is 423 g/mol. The Bertz CT molecular complexity index is 1050. The van der Waals surface area contributed by atoms with Crippen molar-refractivity contribution in [2.45, 2.75) is 19.1 Å². The highest BCUT2D eigenvalue weighted by Gasteiger charge is 2.28. The van der Waals surface area contributed by atoms with E-state index in [1.54, 1.807) is 50.2 Å². The first-order valence-electron chi connectivity index (χ1n) is 8.82. The van der Waals surface area contributed by atoms with Crippen LogP contribution in [0.25, 0.3) is 0 Å². The van der Waals surface area contributed by atoms with Crippen molar-refractivity contribution in [3.05, 3.63) is 64.4 Å². The minimum absolute atomic E-state index is 0.00590. The third-order valence-corrected chi connectivity index (χ3v) is 7.05. The van der Waals surface area contributed by atoms with Crippen molar-refractivity contribution in [3.63, 3.8) is 0 Å². The summed E-state index contributed by atoms with van der Waals surface area (Å²) in [4.78, 5) is 18.4. The largest absolute Gasteiger partial charge is 0.309 e. The fourth-order valence-corrected chi connectivity index (χ4v) is 4.05. The summed E-state index contributed by atoms with van der Waals surface area (Å²) in [5.41, 5.74) is 1.53. The number of nitrogens with zero attached hydrogens (tertiary/aromatic N) is 2. The van der Waals surface area contributed by atoms with Gasteiger partial charge < -0.3 is 4.90 Å². The zero-order valence-electron chi connectivity index (χ0n) is 15.5. The number of halogens is 2. The molecular formula is C20H20ClFN2O3S. The first-order chi connectivity index (χ1) is 13.2. The maximum absolute atomic E-state index is 14.4. The molecule has 0 aromatic heterocycles. The summed E-state index contributed by atoms with van der Waals surface area (Å²) >= 11 is 6.15. The summed E-state index contributed by atoms with van der Waals surface area (Å²) in [6, 6.07) is 11.0. The van der Waals surface area contributed by atoms with Gasteiger partial charge in [0.05, 0.1) is 22.4 Å². The van der Waals surface area contributed by atoms with Crippen molar-refractivity contribution in [1.82, 2.24) is 0 Å². The number of benzene rings is 2. The number of aliphatic imine (C=N–C) groups is 1. The molecule has 0 atom stereocenters. The third-order valence-electron chi connectivity index (χ3n) is 4.62. The summed E-state index contributed by atoms with van der Waals surface area (Å²) in [6.07, 6.45) is 0. The smallest absolute Gasteiger partial charge is 0.248 e. The number of hydrogen-bond acceptors (Lipinski definition) is 4. The van der Waals surface area contributed by atoms with E-state index in [-0.39, 0.29) is 30.3 Å². The quantitative estimate of drug-likeness (QED) is 0.740. The molecule has 2 aromatic rings. The standard InChI is InChI=1S/C20H20ClFN2O3S/c1-13(2)28(26,27)10-9-24-18-8-7-14(21)11-16(18)20(23-12-19(24)25)15-5-3-4-6-17(15)22/h3-8,11,13H,9-10,12H2,1-2H3. The van der Waals surface area contributed by atoms with Crippen molar-refractivity contribution < 1.29 is 17.6 Å². The zero-order chi connectivity index (χ0) is 20.5. The van der Waals surface area contributed by atoms with E-state index >= 15 is 0 Å². The highest BCUT2D eigenvalue weighted by molar-refractivity contribution is 7.92. The lowest BCUT2D eigenvalue weighted by molar-refractivity contribution is -0.117. The highest BCUT2D eigenvalue weighted by atomic mass is 35.5. The second-order valence-electron chi connectivity index (χ2n) is 6.77. The topological polar surface area (TPSA) is 66.8 Å². The summed E-state index contributed by atoms with van der Waals surface area (Å²) < 4.78 is 38.8. The molecular weight excluding hydrogens is 403 g/mol. The SMILES string of the molecule is CC(C)S(=O)(=O)CCN1C(=O)CN=C(c2ccccc2F)c2cc(Cl)ccc21. The average Bonchev–Trinajstić information content (AvgIpc) is 2.77. The fraction of sp³-hybridized carbons (Fsp3) is 0.300. The van der Waals surface area contributed by atoms with E-state index in [1.807, 2.05) is 0 Å². The van der Waals surface area contributed by atoms with Gasteiger partial charge in [-0.15, -0.1) is 0 Å². The van der Waals surface area contributed by atoms with Crippen molar-refractivity contribution in [1.29, 1.82) is 0 Å². The van der Waals surface area contributed by atoms with E-state index in [0.717, 1.165) is 0 Å². The molecule has 0 aliphatic carbocycles. The number of fused-ring (bicyclic) bond motifs is 1. The predicted octanol–water partition coefficient (Wildman–Crippen LogP) is 3.49. The molecule has 0 unspecified atom stereocenters. The minimum atomic E-state index is -3.33. The van der Waals surface area contributed by atoms with Crippen LogP contribution in [0.4, 0.5) is 10.1 Å². The van der Waals surface area contributed by atoms with Gasteiger partial charge in [0.25, 0.3) is 0 Å². The minimum Gasteiger partial charge on any atom is -0.309 e. The second-order valence-corrected chi connectivity index (χ2v) is 9.88. The van der Waals surface area contributed by atoms with Gasteiger partial charge in [-0.1, -0.05) is 23.7 Å². The molecule has 2 aromatic carbocycles. The van der Waals surface area contributed by atoms with Crippen LogP contribution in [0.3, 0.4) is 0 Å². The van der Waals surface area contributed by atoms with Gasteiger partial charge in [-0.25, -0.2) is 12.8 Å². The molecule has 8 heteroatoms. The fourth-order valence-electron chi connectivity index (χ4n) is 2.97. The van der Waals surface area contributed by atoms with Gasteiger partial charge in [-0.2, -0.15) is 0 Å². The Kier molecular flexibility index (Phi) is 5.86. The Hall–Kier alpha value is -2.25. The first-order valence-corrected chi connectivity index (χ1v) is 10.9. The van der Waals surface area contributed by atoms with Gasteiger partial charge in [0.1, 0.15) is 12.4 Å². The summed E-state index contributed by atoms with van der Waals surface area (Å²) in [5.74, 6) is -0.989. The number of rotatable bonds is 5. The molecule has 1 amide bonds. The molecule has 1 heterocycles. The Morgan fingerprint density at radius 2 is 1.89 bits per heavy atom. The van der Waals surface area contributed by atoms with Gasteiger partial charge in [0, 0.05) is 22.7 Å². The van der Waals surface area contributed by atoms with Crippen LogP contribution in [0.15, 0.2) is 47.5 Å². The monoisotopic (exact) mass is 422 g/mol. The molecule has 0 saturated carbocycles. The molecule has 0 N–H and O–H groups in total. The van der Waals surface area contributed by atoms with Crippen LogP contribution < -0.4 is 4.90 Å². The Balaban J connectivity index is 2.08. The van der Waals surface area contributed by atoms with Crippen molar-refractivity contribution >= 4 is 38.7 Å². The van der Waals surface area contributed by atoms with E-state index in [0.29, 0.717) is 22.0 Å². The van der Waals surface area contributed by atoms with E-state index in [4.69, 9.17) is 11.6 Å². The van der Waals surface area contributed by atoms with Gasteiger partial charge in [-0.3, -0.25) is 9.79 Å². The summed E-state index contributed by atoms with van der Waals surface area (Å²) in [7, 11) is -3.33. The van der Waals surface area contributed by atoms with Crippen LogP contribution in [0.5, 0.6) is 0 Å². The van der Waals surface area contributed by atoms with Crippen LogP contribution in [-0.2, 0) is 14.6 Å². The Morgan fingerprint density at radius 1 is 1.18 bits per heavy atom. The number of hydrogen-bond donors (Lipinski definition) is 0. The van der Waals surface area contributed by atoms with Crippen molar-refractivity contribution in [3.8, 4) is 0 Å². The van der Waals surface area contributed by atoms with Crippen LogP contribution >= 0.6 is 11.6 Å². The molecule has 0 fully saturated rings. The predicted molar refractivity (Wildman–Crippen MR) is 110 cm³/mol. The molecule has 0 spiro atoms. The Labute approximate surface area is 168 Å². The van der Waals surface area contributed by atoms with Gasteiger partial charge in [0.15, 0.2) is 9.84 Å². The lowest BCUT2D eigenvalue weighted by Crippen LogP contribution is -2.37. The van der Waals surface area contributed by atoms with Crippen LogP contribution in [-0.4, -0.2) is 44.1 Å². The second kappa shape index (κ2) is 8.01. The molecule has 148 valence electrons. The van der Waals surface area contributed by atoms with Crippen LogP contribution in [0.2, 0.25) is 5.02 Å². The highest BCUT2D eigenvalue weighted by Crippen LogP contribution is 2.30. The van der Waals surface area contributed by atoms with E-state index in [1.165, 1.54) is 11.0 Å². The lowest BCUT2D eigenvalue weighted by Gasteiger charge is -2.23. The van der Waals surface area contributed by atoms with E-state index in [2.05, 4.69) is 4.99 Å². The number of anilines is 1. The lowest BCUT2D eigenvalue weighted by atomic mass is 9.99. The molecule has 1 aliphatic heterocycles. The molecule has 0 saturated heterocycles. The van der Waals surface area contributed by atoms with Gasteiger partial charge in [-0.05, 0) is 44.2 Å². The van der Waals surface area contributed by atoms with Gasteiger partial charge in [0.2, 0.25) is 5.91 Å². The van der Waals surface area contributed by atoms with E-state index in [9.17, 15) is 17.6 Å². The Morgan fingerprint density at radius 3 is 2.57 bits per heavy atom. The number of carbonyl (C=O) groups excluding carboxylic acids is 1. The molecule has 1 aliphatic rings. The van der Waals surface area contributed by atoms with Crippen LogP contribution in [0, 0.1) is 5.82 Å². The number of carbonyl (C=O) groups is 1. The van der Waals surface area contributed by atoms with Crippen LogP contribution in [0.1, 0.15) is 25.0 Å². The first kappa shape index (κ1) is 20.5. The molecule has 0 radical (unpaired) electrons. The van der Waals surface area contributed by atoms with Gasteiger partial charge >= 0.3 is 0 Å². The molecule has 3 rings (SSSR count). The number of sulfone groups is 1. The summed E-state index contributed by atoms with van der Waals surface area (Å²) in [5, 5.41) is -0.128. The molecule has 0 bridgehead atoms. The molecule has 5 nitrogen and oxygen atoms in total. The normalized spacial score (nSPS) is 14.7. The third kappa shape index (κ3) is 4.10. The maximum Gasteiger partial charge on any atom is 0.248 e. The molecule has 28 heavy (non-hydrogen) atoms. The number of benzodiazepines with no additional fused rings is 1. The van der Waals surface area contributed by atoms with E-state index < -0.39 is 20.9 Å². The number of amides is 1. The van der Waals surface area contributed by atoms with Crippen molar-refractivity contribution in [2.75, 3.05) is 23.7 Å². The zero-order valence-corrected chi connectivity index (χ0v) is 17.1.